The van der Waals surface area contributed by atoms with Gasteiger partial charge in [-0.2, -0.15) is 0 Å². The summed E-state index contributed by atoms with van der Waals surface area (Å²) in [6.07, 6.45) is 4.84. The van der Waals surface area contributed by atoms with Crippen LogP contribution in [0, 0.1) is 0 Å². The molecule has 18 heavy (non-hydrogen) atoms. The number of thiazole rings is 1. The van der Waals surface area contributed by atoms with Crippen molar-refractivity contribution < 1.29 is 18.3 Å². The van der Waals surface area contributed by atoms with Crippen molar-refractivity contribution in [3.05, 3.63) is 11.1 Å². The molecule has 0 radical (unpaired) electrons. The molecular formula is C10H14N2O4S2. The summed E-state index contributed by atoms with van der Waals surface area (Å²) in [6, 6.07) is -0.0547. The highest BCUT2D eigenvalue weighted by Crippen LogP contribution is 2.21. The molecule has 6 nitrogen and oxygen atoms in total. The predicted octanol–water partition coefficient (Wildman–Crippen LogP) is 1.45. The van der Waals surface area contributed by atoms with Gasteiger partial charge in [0.1, 0.15) is 0 Å². The monoisotopic (exact) mass is 290 g/mol. The van der Waals surface area contributed by atoms with Crippen LogP contribution in [0.3, 0.4) is 0 Å². The number of carboxylic acid groups (broad SMARTS) is 1. The van der Waals surface area contributed by atoms with Crippen molar-refractivity contribution in [3.8, 4) is 0 Å². The van der Waals surface area contributed by atoms with Crippen LogP contribution in [-0.2, 0) is 10.0 Å². The fourth-order valence-electron chi connectivity index (χ4n) is 1.97. The maximum Gasteiger partial charge on any atom is 0.355 e. The van der Waals surface area contributed by atoms with Gasteiger partial charge in [0.25, 0.3) is 10.0 Å². The SMILES string of the molecule is O=C(O)c1csc(S(=O)(=O)NC2CCCCC2)n1. The molecule has 0 saturated heterocycles. The molecule has 2 N–H and O–H groups in total. The van der Waals surface area contributed by atoms with Crippen LogP contribution in [0.1, 0.15) is 42.6 Å². The average molecular weight is 290 g/mol. The summed E-state index contributed by atoms with van der Waals surface area (Å²) in [5, 5.41) is 9.95. The van der Waals surface area contributed by atoms with Crippen LogP contribution in [0.25, 0.3) is 0 Å². The van der Waals surface area contributed by atoms with E-state index in [1.165, 1.54) is 5.38 Å². The van der Waals surface area contributed by atoms with Crippen molar-refractivity contribution in [1.82, 2.24) is 9.71 Å². The minimum Gasteiger partial charge on any atom is -0.476 e. The van der Waals surface area contributed by atoms with Gasteiger partial charge < -0.3 is 5.11 Å². The smallest absolute Gasteiger partial charge is 0.355 e. The summed E-state index contributed by atoms with van der Waals surface area (Å²) in [4.78, 5) is 14.3. The number of nitrogens with one attached hydrogen (secondary N) is 1. The lowest BCUT2D eigenvalue weighted by molar-refractivity contribution is 0.0691. The molecule has 1 saturated carbocycles. The first-order valence-electron chi connectivity index (χ1n) is 5.70. The molecule has 0 bridgehead atoms. The molecular weight excluding hydrogens is 276 g/mol. The Morgan fingerprint density at radius 1 is 1.39 bits per heavy atom. The van der Waals surface area contributed by atoms with Crippen LogP contribution in [0.4, 0.5) is 0 Å². The highest BCUT2D eigenvalue weighted by molar-refractivity contribution is 7.91. The molecule has 0 unspecified atom stereocenters. The minimum atomic E-state index is -3.68. The first-order valence-corrected chi connectivity index (χ1v) is 8.06. The quantitative estimate of drug-likeness (QED) is 0.875. The number of carbonyl (C=O) groups is 1. The van der Waals surface area contributed by atoms with E-state index in [-0.39, 0.29) is 16.1 Å². The van der Waals surface area contributed by atoms with Crippen LogP contribution in [-0.4, -0.2) is 30.5 Å². The fraction of sp³-hybridized carbons (Fsp3) is 0.600. The van der Waals surface area contributed by atoms with Gasteiger partial charge in [0, 0.05) is 11.4 Å². The topological polar surface area (TPSA) is 96.4 Å². The van der Waals surface area contributed by atoms with Crippen molar-refractivity contribution in [3.63, 3.8) is 0 Å². The molecule has 2 rings (SSSR count). The van der Waals surface area contributed by atoms with Gasteiger partial charge in [-0.3, -0.25) is 0 Å². The number of rotatable bonds is 4. The molecule has 0 amide bonds. The second-order valence-electron chi connectivity index (χ2n) is 4.26. The Bertz CT molecular complexity index is 532. The normalized spacial score (nSPS) is 17.8. The number of nitrogens with zero attached hydrogens (tertiary/aromatic N) is 1. The van der Waals surface area contributed by atoms with Crippen molar-refractivity contribution in [2.75, 3.05) is 0 Å². The van der Waals surface area contributed by atoms with E-state index in [4.69, 9.17) is 5.11 Å². The first kappa shape index (κ1) is 13.4. The lowest BCUT2D eigenvalue weighted by Crippen LogP contribution is -2.36. The van der Waals surface area contributed by atoms with Gasteiger partial charge in [0.15, 0.2) is 5.69 Å². The third kappa shape index (κ3) is 3.06. The summed E-state index contributed by atoms with van der Waals surface area (Å²) in [7, 11) is -3.68. The highest BCUT2D eigenvalue weighted by Gasteiger charge is 2.25. The molecule has 0 aliphatic heterocycles. The maximum atomic E-state index is 12.0. The molecule has 0 aromatic carbocycles. The van der Waals surface area contributed by atoms with Crippen molar-refractivity contribution >= 4 is 27.3 Å². The Hall–Kier alpha value is -0.990. The van der Waals surface area contributed by atoms with Gasteiger partial charge in [-0.25, -0.2) is 22.9 Å². The molecule has 8 heteroatoms. The van der Waals surface area contributed by atoms with E-state index in [0.29, 0.717) is 0 Å². The van der Waals surface area contributed by atoms with Crippen molar-refractivity contribution in [2.24, 2.45) is 0 Å². The molecule has 0 spiro atoms. The maximum absolute atomic E-state index is 12.0. The molecule has 1 aliphatic carbocycles. The van der Waals surface area contributed by atoms with E-state index in [9.17, 15) is 13.2 Å². The molecule has 1 fully saturated rings. The second-order valence-corrected chi connectivity index (χ2v) is 7.01. The van der Waals surface area contributed by atoms with Crippen LogP contribution < -0.4 is 4.72 Å². The van der Waals surface area contributed by atoms with Gasteiger partial charge in [-0.05, 0) is 12.8 Å². The molecule has 100 valence electrons. The van der Waals surface area contributed by atoms with E-state index >= 15 is 0 Å². The Kier molecular flexibility index (Phi) is 3.98. The highest BCUT2D eigenvalue weighted by atomic mass is 32.2. The van der Waals surface area contributed by atoms with Gasteiger partial charge in [-0.1, -0.05) is 19.3 Å². The van der Waals surface area contributed by atoms with Crippen LogP contribution >= 0.6 is 11.3 Å². The van der Waals surface area contributed by atoms with E-state index in [0.717, 1.165) is 43.4 Å². The number of sulfonamides is 1. The van der Waals surface area contributed by atoms with E-state index < -0.39 is 16.0 Å². The Morgan fingerprint density at radius 2 is 2.06 bits per heavy atom. The van der Waals surface area contributed by atoms with E-state index in [1.54, 1.807) is 0 Å². The molecule has 1 aromatic rings. The summed E-state index contributed by atoms with van der Waals surface area (Å²) < 4.78 is 26.4. The number of hydrogen-bond donors (Lipinski definition) is 2. The Balaban J connectivity index is 2.11. The fourth-order valence-corrected chi connectivity index (χ4v) is 4.28. The average Bonchev–Trinajstić information content (AvgIpc) is 2.79. The number of carboxylic acids is 1. The first-order chi connectivity index (χ1) is 8.49. The molecule has 1 aromatic heterocycles. The zero-order valence-corrected chi connectivity index (χ0v) is 11.3. The second kappa shape index (κ2) is 5.33. The predicted molar refractivity (Wildman–Crippen MR) is 66.3 cm³/mol. The standard InChI is InChI=1S/C10H14N2O4S2/c13-9(14)8-6-17-10(11-8)18(15,16)12-7-4-2-1-3-5-7/h6-7,12H,1-5H2,(H,13,14). The van der Waals surface area contributed by atoms with Gasteiger partial charge in [0.2, 0.25) is 4.34 Å². The lowest BCUT2D eigenvalue weighted by Gasteiger charge is -2.21. The number of aromatic carboxylic acids is 1. The van der Waals surface area contributed by atoms with Crippen LogP contribution in [0.2, 0.25) is 0 Å². The summed E-state index contributed by atoms with van der Waals surface area (Å²) in [6.45, 7) is 0. The van der Waals surface area contributed by atoms with Crippen LogP contribution in [0.15, 0.2) is 9.72 Å². The largest absolute Gasteiger partial charge is 0.476 e. The third-order valence-corrected chi connectivity index (χ3v) is 5.63. The van der Waals surface area contributed by atoms with Crippen molar-refractivity contribution in [2.45, 2.75) is 42.5 Å². The van der Waals surface area contributed by atoms with Gasteiger partial charge >= 0.3 is 5.97 Å². The van der Waals surface area contributed by atoms with Crippen molar-refractivity contribution in [1.29, 1.82) is 0 Å². The number of hydrogen-bond acceptors (Lipinski definition) is 5. The Labute approximate surface area is 109 Å². The summed E-state index contributed by atoms with van der Waals surface area (Å²) in [5.41, 5.74) is -0.232. The van der Waals surface area contributed by atoms with Crippen LogP contribution in [0.5, 0.6) is 0 Å². The zero-order valence-electron chi connectivity index (χ0n) is 9.63. The molecule has 1 heterocycles. The van der Waals surface area contributed by atoms with Gasteiger partial charge in [-0.15, -0.1) is 11.3 Å². The van der Waals surface area contributed by atoms with Gasteiger partial charge in [0.05, 0.1) is 0 Å². The third-order valence-electron chi connectivity index (χ3n) is 2.86. The minimum absolute atomic E-state index is 0.0547. The van der Waals surface area contributed by atoms with E-state index in [1.807, 2.05) is 0 Å². The summed E-state index contributed by atoms with van der Waals surface area (Å²) >= 11 is 0.831. The number of aromatic nitrogens is 1. The Morgan fingerprint density at radius 3 is 2.61 bits per heavy atom. The lowest BCUT2D eigenvalue weighted by atomic mass is 9.96. The molecule has 0 atom stereocenters. The van der Waals surface area contributed by atoms with E-state index in [2.05, 4.69) is 9.71 Å². The zero-order chi connectivity index (χ0) is 13.2. The summed E-state index contributed by atoms with van der Waals surface area (Å²) in [5.74, 6) is -1.22. The molecule has 1 aliphatic rings.